The highest BCUT2D eigenvalue weighted by molar-refractivity contribution is 7.59. The minimum absolute atomic E-state index is 0. The third-order valence-electron chi connectivity index (χ3n) is 2.28. The van der Waals surface area contributed by atoms with Crippen LogP contribution >= 0.6 is 13.5 Å². The Balaban J connectivity index is 0.000000810. The van der Waals surface area contributed by atoms with Gasteiger partial charge in [0.25, 0.3) is 0 Å². The van der Waals surface area contributed by atoms with E-state index in [1.165, 1.54) is 19.3 Å². The van der Waals surface area contributed by atoms with Gasteiger partial charge in [0, 0.05) is 0 Å². The predicted molar refractivity (Wildman–Crippen MR) is 51.7 cm³/mol. The predicted octanol–water partition coefficient (Wildman–Crippen LogP) is 3.19. The summed E-state index contributed by atoms with van der Waals surface area (Å²) in [6.07, 6.45) is 4.46. The maximum atomic E-state index is 2.36. The van der Waals surface area contributed by atoms with E-state index in [4.69, 9.17) is 0 Å². The summed E-state index contributed by atoms with van der Waals surface area (Å²) in [7, 11) is 0. The molecule has 0 atom stereocenters. The highest BCUT2D eigenvalue weighted by Gasteiger charge is 2.25. The van der Waals surface area contributed by atoms with E-state index in [-0.39, 0.29) is 13.5 Å². The van der Waals surface area contributed by atoms with E-state index >= 15 is 0 Å². The lowest BCUT2D eigenvalue weighted by atomic mass is 9.72. The summed E-state index contributed by atoms with van der Waals surface area (Å²) < 4.78 is 0. The van der Waals surface area contributed by atoms with Crippen LogP contribution in [0.25, 0.3) is 0 Å². The summed E-state index contributed by atoms with van der Waals surface area (Å²) >= 11 is 0. The lowest BCUT2D eigenvalue weighted by Crippen LogP contribution is -2.22. The lowest BCUT2D eigenvalue weighted by Gasteiger charge is -2.33. The maximum Gasteiger partial charge on any atom is -0.0407 e. The van der Waals surface area contributed by atoms with Gasteiger partial charge in [-0.3, -0.25) is 0 Å². The Morgan fingerprint density at radius 3 is 2.10 bits per heavy atom. The molecule has 1 saturated carbocycles. The summed E-state index contributed by atoms with van der Waals surface area (Å²) in [5.41, 5.74) is 0. The van der Waals surface area contributed by atoms with Crippen LogP contribution in [-0.2, 0) is 0 Å². The highest BCUT2D eigenvalue weighted by atomic mass is 32.1. The first-order chi connectivity index (χ1) is 4.18. The minimum atomic E-state index is 0. The third kappa shape index (κ3) is 2.96. The van der Waals surface area contributed by atoms with Crippen molar-refractivity contribution in [2.24, 2.45) is 17.8 Å². The van der Waals surface area contributed by atoms with E-state index in [1.54, 1.807) is 0 Å². The smallest absolute Gasteiger partial charge is 0.0407 e. The van der Waals surface area contributed by atoms with Crippen molar-refractivity contribution in [3.8, 4) is 0 Å². The SMILES string of the molecule is CC(C)CC1CC(C)C1.S. The van der Waals surface area contributed by atoms with Crippen LogP contribution in [0.1, 0.15) is 40.0 Å². The average molecular weight is 160 g/mol. The molecule has 0 saturated heterocycles. The van der Waals surface area contributed by atoms with Crippen molar-refractivity contribution in [2.75, 3.05) is 0 Å². The lowest BCUT2D eigenvalue weighted by molar-refractivity contribution is 0.181. The second-order valence-corrected chi connectivity index (χ2v) is 4.07. The second kappa shape index (κ2) is 4.27. The Morgan fingerprint density at radius 2 is 1.80 bits per heavy atom. The Bertz CT molecular complexity index is 82.7. The van der Waals surface area contributed by atoms with Crippen LogP contribution in [0.2, 0.25) is 0 Å². The molecule has 0 nitrogen and oxygen atoms in total. The first-order valence-electron chi connectivity index (χ1n) is 4.18. The summed E-state index contributed by atoms with van der Waals surface area (Å²) in [5, 5.41) is 0. The average Bonchev–Trinajstić information content (AvgIpc) is 1.60. The molecule has 0 unspecified atom stereocenters. The summed E-state index contributed by atoms with van der Waals surface area (Å²) in [4.78, 5) is 0. The molecule has 1 rings (SSSR count). The summed E-state index contributed by atoms with van der Waals surface area (Å²) in [6.45, 7) is 7.00. The van der Waals surface area contributed by atoms with Crippen LogP contribution in [0.5, 0.6) is 0 Å². The summed E-state index contributed by atoms with van der Waals surface area (Å²) in [5.74, 6) is 3.04. The van der Waals surface area contributed by atoms with Crippen molar-refractivity contribution >= 4 is 13.5 Å². The molecule has 1 fully saturated rings. The molecule has 0 spiro atoms. The van der Waals surface area contributed by atoms with Gasteiger partial charge in [-0.05, 0) is 37.0 Å². The molecule has 0 amide bonds. The van der Waals surface area contributed by atoms with Crippen LogP contribution in [0.4, 0.5) is 0 Å². The topological polar surface area (TPSA) is 0 Å². The molecule has 0 bridgehead atoms. The minimum Gasteiger partial charge on any atom is -0.197 e. The van der Waals surface area contributed by atoms with Gasteiger partial charge in [0.2, 0.25) is 0 Å². The number of rotatable bonds is 2. The van der Waals surface area contributed by atoms with Gasteiger partial charge in [-0.15, -0.1) is 0 Å². The largest absolute Gasteiger partial charge is 0.197 e. The van der Waals surface area contributed by atoms with E-state index in [9.17, 15) is 0 Å². The van der Waals surface area contributed by atoms with Gasteiger partial charge < -0.3 is 0 Å². The molecule has 62 valence electrons. The van der Waals surface area contributed by atoms with Gasteiger partial charge in [-0.1, -0.05) is 20.8 Å². The van der Waals surface area contributed by atoms with Crippen molar-refractivity contribution in [1.82, 2.24) is 0 Å². The number of hydrogen-bond acceptors (Lipinski definition) is 0. The zero-order valence-corrected chi connectivity index (χ0v) is 8.35. The molecule has 0 heterocycles. The Kier molecular flexibility index (Phi) is 4.42. The normalized spacial score (nSPS) is 31.2. The third-order valence-corrected chi connectivity index (χ3v) is 2.28. The van der Waals surface area contributed by atoms with Crippen LogP contribution in [-0.4, -0.2) is 0 Å². The quantitative estimate of drug-likeness (QED) is 0.582. The van der Waals surface area contributed by atoms with Gasteiger partial charge in [-0.2, -0.15) is 13.5 Å². The molecule has 0 aromatic carbocycles. The van der Waals surface area contributed by atoms with E-state index in [0.717, 1.165) is 17.8 Å². The van der Waals surface area contributed by atoms with Crippen LogP contribution in [0, 0.1) is 17.8 Å². The second-order valence-electron chi connectivity index (χ2n) is 4.07. The first-order valence-corrected chi connectivity index (χ1v) is 4.18. The molecule has 1 aliphatic carbocycles. The molecule has 0 radical (unpaired) electrons. The standard InChI is InChI=1S/C9H18.H2S/c1-7(2)4-9-5-8(3)6-9;/h7-9H,4-6H2,1-3H3;1H2. The number of hydrogen-bond donors (Lipinski definition) is 0. The molecule has 0 aromatic rings. The molecule has 1 aliphatic rings. The fraction of sp³-hybridized carbons (Fsp3) is 1.00. The Hall–Kier alpha value is 0.350. The van der Waals surface area contributed by atoms with Crippen molar-refractivity contribution in [2.45, 2.75) is 40.0 Å². The van der Waals surface area contributed by atoms with Crippen LogP contribution in [0.3, 0.4) is 0 Å². The molecule has 10 heavy (non-hydrogen) atoms. The fourth-order valence-corrected chi connectivity index (χ4v) is 1.93. The van der Waals surface area contributed by atoms with Crippen LogP contribution < -0.4 is 0 Å². The van der Waals surface area contributed by atoms with Gasteiger partial charge in [0.15, 0.2) is 0 Å². The van der Waals surface area contributed by atoms with E-state index < -0.39 is 0 Å². The van der Waals surface area contributed by atoms with Crippen molar-refractivity contribution in [1.29, 1.82) is 0 Å². The zero-order chi connectivity index (χ0) is 6.85. The molecule has 0 aliphatic heterocycles. The van der Waals surface area contributed by atoms with E-state index in [1.807, 2.05) is 0 Å². The van der Waals surface area contributed by atoms with Crippen molar-refractivity contribution in [3.63, 3.8) is 0 Å². The van der Waals surface area contributed by atoms with Crippen molar-refractivity contribution in [3.05, 3.63) is 0 Å². The van der Waals surface area contributed by atoms with Crippen molar-refractivity contribution < 1.29 is 0 Å². The maximum absolute atomic E-state index is 2.36. The van der Waals surface area contributed by atoms with Gasteiger partial charge in [0.05, 0.1) is 0 Å². The zero-order valence-electron chi connectivity index (χ0n) is 7.35. The Morgan fingerprint density at radius 1 is 1.30 bits per heavy atom. The highest BCUT2D eigenvalue weighted by Crippen LogP contribution is 2.37. The molecule has 1 heteroatoms. The van der Waals surface area contributed by atoms with Gasteiger partial charge in [0.1, 0.15) is 0 Å². The fourth-order valence-electron chi connectivity index (χ4n) is 1.93. The first kappa shape index (κ1) is 10.3. The van der Waals surface area contributed by atoms with E-state index in [2.05, 4.69) is 20.8 Å². The summed E-state index contributed by atoms with van der Waals surface area (Å²) in [6, 6.07) is 0. The Labute approximate surface area is 71.8 Å². The molecule has 0 aromatic heterocycles. The van der Waals surface area contributed by atoms with E-state index in [0.29, 0.717) is 0 Å². The van der Waals surface area contributed by atoms with Gasteiger partial charge >= 0.3 is 0 Å². The van der Waals surface area contributed by atoms with Crippen LogP contribution in [0.15, 0.2) is 0 Å². The molecular weight excluding hydrogens is 140 g/mol. The molecular formula is C9H20S. The van der Waals surface area contributed by atoms with Gasteiger partial charge in [-0.25, -0.2) is 0 Å². The molecule has 0 N–H and O–H groups in total. The monoisotopic (exact) mass is 160 g/mol.